The number of nitrogens with one attached hydrogen (secondary N) is 1. The molecule has 0 saturated carbocycles. The standard InChI is InChI=1S/C25H44N2O5S2.C2H6.2H2/c1-20(2)8-7-13-29-14-15-30-16-17-31-23(33-34-25(3,4)5)19-32-22-10-6-9-21(18-22)24(28)27-12-11-26;1-2;;/h6,9-10,18,20,23H,7-8,11-17,19,26H2,1-5H3,(H,27,28);1-2H3;2*1H. The number of amides is 1. The van der Waals surface area contributed by atoms with E-state index in [2.05, 4.69) is 39.9 Å². The van der Waals surface area contributed by atoms with Gasteiger partial charge < -0.3 is 30.0 Å². The first-order valence-corrected chi connectivity index (χ1v) is 15.2. The number of hydrogen-bond donors (Lipinski definition) is 2. The Balaban J connectivity index is -0.00000298. The maximum Gasteiger partial charge on any atom is 0.251 e. The Morgan fingerprint density at radius 1 is 1.08 bits per heavy atom. The van der Waals surface area contributed by atoms with Crippen molar-refractivity contribution < 1.29 is 26.6 Å². The smallest absolute Gasteiger partial charge is 0.251 e. The van der Waals surface area contributed by atoms with Gasteiger partial charge in [-0.2, -0.15) is 0 Å². The van der Waals surface area contributed by atoms with Crippen LogP contribution in [0.3, 0.4) is 0 Å². The van der Waals surface area contributed by atoms with Crippen LogP contribution in [0, 0.1) is 5.92 Å². The summed E-state index contributed by atoms with van der Waals surface area (Å²) in [7, 11) is 3.40. The third kappa shape index (κ3) is 20.1. The number of carbonyl (C=O) groups excluding carboxylic acids is 1. The molecular weight excluding hydrogens is 496 g/mol. The van der Waals surface area contributed by atoms with E-state index in [0.29, 0.717) is 63.4 Å². The first-order valence-electron chi connectivity index (χ1n) is 13.0. The van der Waals surface area contributed by atoms with E-state index < -0.39 is 0 Å². The summed E-state index contributed by atoms with van der Waals surface area (Å²) in [6.45, 7) is 19.1. The monoisotopic (exact) mass is 550 g/mol. The van der Waals surface area contributed by atoms with E-state index in [1.807, 2.05) is 19.9 Å². The highest BCUT2D eigenvalue weighted by atomic mass is 33.1. The van der Waals surface area contributed by atoms with Gasteiger partial charge in [-0.15, -0.1) is 0 Å². The zero-order valence-corrected chi connectivity index (χ0v) is 25.1. The van der Waals surface area contributed by atoms with Crippen molar-refractivity contribution in [3.05, 3.63) is 29.8 Å². The van der Waals surface area contributed by atoms with Crippen LogP contribution in [0.5, 0.6) is 5.75 Å². The van der Waals surface area contributed by atoms with E-state index >= 15 is 0 Å². The Bertz CT molecular complexity index is 683. The van der Waals surface area contributed by atoms with Crippen LogP contribution in [-0.2, 0) is 14.2 Å². The van der Waals surface area contributed by atoms with Crippen molar-refractivity contribution in [1.82, 2.24) is 5.32 Å². The van der Waals surface area contributed by atoms with Crippen LogP contribution in [0.25, 0.3) is 0 Å². The van der Waals surface area contributed by atoms with E-state index in [9.17, 15) is 4.79 Å². The molecule has 1 atom stereocenters. The zero-order chi connectivity index (χ0) is 27.2. The molecule has 0 heterocycles. The quantitative estimate of drug-likeness (QED) is 0.118. The van der Waals surface area contributed by atoms with Crippen molar-refractivity contribution in [2.45, 2.75) is 71.5 Å². The minimum Gasteiger partial charge on any atom is -0.490 e. The lowest BCUT2D eigenvalue weighted by molar-refractivity contribution is 0.00107. The maximum absolute atomic E-state index is 12.2. The minimum atomic E-state index is -0.171. The van der Waals surface area contributed by atoms with E-state index in [4.69, 9.17) is 24.7 Å². The molecule has 0 spiro atoms. The molecule has 0 bridgehead atoms. The van der Waals surface area contributed by atoms with Crippen molar-refractivity contribution in [2.24, 2.45) is 11.7 Å². The van der Waals surface area contributed by atoms with E-state index in [0.717, 1.165) is 13.0 Å². The Morgan fingerprint density at radius 3 is 2.39 bits per heavy atom. The molecule has 0 aromatic heterocycles. The number of carbonyl (C=O) groups is 1. The molecule has 1 amide bonds. The first-order chi connectivity index (χ1) is 17.2. The zero-order valence-electron chi connectivity index (χ0n) is 23.5. The van der Waals surface area contributed by atoms with E-state index in [1.54, 1.807) is 39.8 Å². The number of rotatable bonds is 19. The summed E-state index contributed by atoms with van der Waals surface area (Å²) in [6, 6.07) is 7.12. The molecule has 1 aromatic carbocycles. The summed E-state index contributed by atoms with van der Waals surface area (Å²) in [5.41, 5.74) is 5.82. The van der Waals surface area contributed by atoms with Gasteiger partial charge in [0.25, 0.3) is 5.91 Å². The Kier molecular flexibility index (Phi) is 21.5. The van der Waals surface area contributed by atoms with Gasteiger partial charge in [-0.3, -0.25) is 4.79 Å². The Hall–Kier alpha value is -0.970. The van der Waals surface area contributed by atoms with Gasteiger partial charge >= 0.3 is 0 Å². The Labute approximate surface area is 230 Å². The van der Waals surface area contributed by atoms with Crippen LogP contribution in [0.15, 0.2) is 24.3 Å². The summed E-state index contributed by atoms with van der Waals surface area (Å²) < 4.78 is 23.3. The fraction of sp³-hybridized carbons (Fsp3) is 0.741. The van der Waals surface area contributed by atoms with E-state index in [-0.39, 0.29) is 18.9 Å². The average Bonchev–Trinajstić information content (AvgIpc) is 2.85. The molecule has 0 radical (unpaired) electrons. The molecule has 1 aromatic rings. The molecule has 1 unspecified atom stereocenters. The lowest BCUT2D eigenvalue weighted by atomic mass is 10.1. The Morgan fingerprint density at radius 2 is 1.75 bits per heavy atom. The first kappa shape index (κ1) is 35.0. The third-order valence-electron chi connectivity index (χ3n) is 4.29. The number of nitrogens with two attached hydrogens (primary N) is 1. The van der Waals surface area contributed by atoms with Crippen LogP contribution >= 0.6 is 21.6 Å². The van der Waals surface area contributed by atoms with Gasteiger partial charge in [0.05, 0.1) is 26.4 Å². The summed E-state index contributed by atoms with van der Waals surface area (Å²) >= 11 is 0. The molecule has 1 rings (SSSR count). The highest BCUT2D eigenvalue weighted by Crippen LogP contribution is 2.38. The van der Waals surface area contributed by atoms with Gasteiger partial charge in [0.1, 0.15) is 17.8 Å². The second-order valence-electron chi connectivity index (χ2n) is 9.24. The average molecular weight is 551 g/mol. The van der Waals surface area contributed by atoms with Gasteiger partial charge in [-0.05, 0) is 37.0 Å². The van der Waals surface area contributed by atoms with Gasteiger partial charge in [0.2, 0.25) is 0 Å². The summed E-state index contributed by atoms with van der Waals surface area (Å²) in [5, 5.41) is 2.77. The predicted molar refractivity (Wildman–Crippen MR) is 159 cm³/mol. The van der Waals surface area contributed by atoms with Gasteiger partial charge in [0, 0.05) is 32.9 Å². The van der Waals surface area contributed by atoms with Gasteiger partial charge in [-0.1, -0.05) is 76.1 Å². The predicted octanol–water partition coefficient (Wildman–Crippen LogP) is 6.26. The number of ether oxygens (including phenoxy) is 4. The molecule has 214 valence electrons. The van der Waals surface area contributed by atoms with Crippen molar-refractivity contribution in [3.8, 4) is 5.75 Å². The highest BCUT2D eigenvalue weighted by molar-refractivity contribution is 8.77. The van der Waals surface area contributed by atoms with Crippen LogP contribution in [0.4, 0.5) is 0 Å². The largest absolute Gasteiger partial charge is 0.490 e. The fourth-order valence-electron chi connectivity index (χ4n) is 2.63. The minimum absolute atomic E-state index is 0. The van der Waals surface area contributed by atoms with Crippen molar-refractivity contribution in [2.75, 3.05) is 52.7 Å². The van der Waals surface area contributed by atoms with Crippen LogP contribution in [0.2, 0.25) is 0 Å². The van der Waals surface area contributed by atoms with Gasteiger partial charge in [0.15, 0.2) is 0 Å². The van der Waals surface area contributed by atoms with Gasteiger partial charge in [-0.25, -0.2) is 0 Å². The molecule has 0 fully saturated rings. The molecule has 0 aliphatic rings. The maximum atomic E-state index is 12.2. The lowest BCUT2D eigenvalue weighted by Gasteiger charge is -2.22. The molecule has 9 heteroatoms. The third-order valence-corrected chi connectivity index (χ3v) is 7.81. The molecule has 36 heavy (non-hydrogen) atoms. The van der Waals surface area contributed by atoms with Crippen molar-refractivity contribution in [3.63, 3.8) is 0 Å². The normalized spacial score (nSPS) is 12.1. The summed E-state index contributed by atoms with van der Waals surface area (Å²) in [5.74, 6) is 1.18. The summed E-state index contributed by atoms with van der Waals surface area (Å²) in [6.07, 6.45) is 2.28. The molecule has 3 N–H and O–H groups in total. The molecule has 0 aliphatic heterocycles. The SMILES string of the molecule is CC.CC(C)CCCOCCOCCOC(COc1cccc(C(=O)NCCN)c1)SSC(C)(C)C.[HH].[HH]. The highest BCUT2D eigenvalue weighted by Gasteiger charge is 2.18. The molecule has 0 saturated heterocycles. The van der Waals surface area contributed by atoms with Crippen molar-refractivity contribution in [1.29, 1.82) is 0 Å². The summed E-state index contributed by atoms with van der Waals surface area (Å²) in [4.78, 5) is 12.2. The molecule has 0 aliphatic carbocycles. The van der Waals surface area contributed by atoms with Crippen LogP contribution in [-0.4, -0.2) is 68.8 Å². The second-order valence-corrected chi connectivity index (χ2v) is 12.4. The molecular formula is C27H54N2O5S2. The molecule has 7 nitrogen and oxygen atoms in total. The van der Waals surface area contributed by atoms with E-state index in [1.165, 1.54) is 6.42 Å². The topological polar surface area (TPSA) is 92.0 Å². The fourth-order valence-corrected chi connectivity index (χ4v) is 4.83. The van der Waals surface area contributed by atoms with Crippen molar-refractivity contribution >= 4 is 27.5 Å². The number of hydrogen-bond acceptors (Lipinski definition) is 8. The van der Waals surface area contributed by atoms with Crippen LogP contribution in [0.1, 0.15) is 74.5 Å². The van der Waals surface area contributed by atoms with Crippen LogP contribution < -0.4 is 15.8 Å². The lowest BCUT2D eigenvalue weighted by Crippen LogP contribution is -2.29. The second kappa shape index (κ2) is 22.1. The number of benzene rings is 1.